The van der Waals surface area contributed by atoms with Crippen LogP contribution in [0.5, 0.6) is 11.6 Å². The Bertz CT molecular complexity index is 1400. The fraction of sp³-hybridized carbons (Fsp3) is 0.136. The van der Waals surface area contributed by atoms with Gasteiger partial charge < -0.3 is 9.84 Å². The van der Waals surface area contributed by atoms with E-state index < -0.39 is 23.8 Å². The Morgan fingerprint density at radius 2 is 1.59 bits per heavy atom. The van der Waals surface area contributed by atoms with Crippen molar-refractivity contribution in [3.8, 4) is 17.7 Å². The maximum atomic E-state index is 13.1. The molecule has 0 spiro atoms. The molecule has 0 fully saturated rings. The van der Waals surface area contributed by atoms with Crippen molar-refractivity contribution in [2.75, 3.05) is 6.61 Å². The number of Topliss-reactive ketones (excluding diaryl/α,β-unsaturated/α-hetero) is 1. The third kappa shape index (κ3) is 4.83. The number of halogens is 6. The fourth-order valence-electron chi connectivity index (χ4n) is 3.15. The molecule has 6 nitrogen and oxygen atoms in total. The maximum Gasteiger partial charge on any atom is 0.271 e. The Kier molecular flexibility index (Phi) is 8.30. The third-order valence-corrected chi connectivity index (χ3v) is 7.49. The van der Waals surface area contributed by atoms with Crippen LogP contribution in [0.1, 0.15) is 27.0 Å². The quantitative estimate of drug-likeness (QED) is 0.193. The van der Waals surface area contributed by atoms with Crippen LogP contribution in [-0.2, 0) is 6.54 Å². The predicted octanol–water partition coefficient (Wildman–Crippen LogP) is 6.96. The van der Waals surface area contributed by atoms with Crippen molar-refractivity contribution in [2.45, 2.75) is 13.5 Å². The molecule has 12 heteroatoms. The number of aromatic hydroxyl groups is 1. The first-order valence-corrected chi connectivity index (χ1v) is 11.5. The SMILES string of the molecule is Cc1c(C(=O)COc2c(Cl)c(Cl)c(Cl)c(Cl)c2Cl)c(O)n(Cc2ccccc2Cl)c(=O)c1C#N. The predicted molar refractivity (Wildman–Crippen MR) is 134 cm³/mol. The topological polar surface area (TPSA) is 92.3 Å². The minimum atomic E-state index is -0.780. The van der Waals surface area contributed by atoms with Crippen LogP contribution in [0.15, 0.2) is 29.1 Å². The third-order valence-electron chi connectivity index (χ3n) is 4.88. The van der Waals surface area contributed by atoms with Crippen LogP contribution in [-0.4, -0.2) is 22.1 Å². The number of carbonyl (C=O) groups is 1. The molecule has 0 saturated carbocycles. The number of pyridine rings is 1. The smallest absolute Gasteiger partial charge is 0.271 e. The zero-order chi connectivity index (χ0) is 25.3. The lowest BCUT2D eigenvalue weighted by Crippen LogP contribution is -2.28. The summed E-state index contributed by atoms with van der Waals surface area (Å²) in [4.78, 5) is 25.9. The van der Waals surface area contributed by atoms with Crippen LogP contribution in [0.2, 0.25) is 30.1 Å². The number of carbonyl (C=O) groups excluding carboxylic acids is 1. The fourth-order valence-corrected chi connectivity index (χ4v) is 4.58. The van der Waals surface area contributed by atoms with Crippen molar-refractivity contribution in [1.82, 2.24) is 4.57 Å². The number of ketones is 1. The molecule has 1 heterocycles. The minimum absolute atomic E-state index is 0.0154. The largest absolute Gasteiger partial charge is 0.494 e. The summed E-state index contributed by atoms with van der Waals surface area (Å²) in [5.74, 6) is -1.62. The first kappa shape index (κ1) is 26.5. The number of ether oxygens (including phenoxy) is 1. The number of aromatic nitrogens is 1. The number of rotatable bonds is 6. The van der Waals surface area contributed by atoms with E-state index in [1.807, 2.05) is 0 Å². The van der Waals surface area contributed by atoms with E-state index in [2.05, 4.69) is 0 Å². The van der Waals surface area contributed by atoms with Gasteiger partial charge in [0, 0.05) is 5.02 Å². The molecule has 0 atom stereocenters. The van der Waals surface area contributed by atoms with Gasteiger partial charge in [0.1, 0.15) is 21.7 Å². The lowest BCUT2D eigenvalue weighted by atomic mass is 10.0. The molecule has 176 valence electrons. The van der Waals surface area contributed by atoms with Crippen molar-refractivity contribution in [3.63, 3.8) is 0 Å². The van der Waals surface area contributed by atoms with Gasteiger partial charge in [-0.2, -0.15) is 5.26 Å². The van der Waals surface area contributed by atoms with Gasteiger partial charge >= 0.3 is 0 Å². The van der Waals surface area contributed by atoms with E-state index in [0.717, 1.165) is 4.57 Å². The summed E-state index contributed by atoms with van der Waals surface area (Å²) in [5, 5.41) is 20.0. The second kappa shape index (κ2) is 10.7. The Labute approximate surface area is 223 Å². The minimum Gasteiger partial charge on any atom is -0.494 e. The molecule has 34 heavy (non-hydrogen) atoms. The normalized spacial score (nSPS) is 10.8. The number of benzene rings is 2. The van der Waals surface area contributed by atoms with Crippen LogP contribution < -0.4 is 10.3 Å². The highest BCUT2D eigenvalue weighted by Crippen LogP contribution is 2.48. The molecule has 0 unspecified atom stereocenters. The number of hydrogen-bond acceptors (Lipinski definition) is 5. The van der Waals surface area contributed by atoms with E-state index in [-0.39, 0.29) is 54.1 Å². The van der Waals surface area contributed by atoms with Crippen LogP contribution in [0.25, 0.3) is 0 Å². The summed E-state index contributed by atoms with van der Waals surface area (Å²) >= 11 is 36.4. The lowest BCUT2D eigenvalue weighted by molar-refractivity contribution is 0.0916. The maximum absolute atomic E-state index is 13.1. The Morgan fingerprint density at radius 3 is 2.15 bits per heavy atom. The number of nitrogens with zero attached hydrogens (tertiary/aromatic N) is 2. The molecule has 0 amide bonds. The van der Waals surface area contributed by atoms with E-state index in [9.17, 15) is 20.0 Å². The average Bonchev–Trinajstić information content (AvgIpc) is 2.80. The molecule has 0 bridgehead atoms. The zero-order valence-electron chi connectivity index (χ0n) is 17.1. The van der Waals surface area contributed by atoms with Crippen molar-refractivity contribution in [3.05, 3.63) is 87.0 Å². The van der Waals surface area contributed by atoms with Gasteiger partial charge in [0.05, 0.1) is 27.2 Å². The zero-order valence-corrected chi connectivity index (χ0v) is 21.6. The standard InChI is InChI=1S/C22H12Cl6N2O4/c1-9-11(6-29)21(32)30(7-10-4-2-3-5-12(10)23)22(33)14(9)13(31)8-34-20-18(27)16(25)15(24)17(26)19(20)28/h2-5,33H,7-8H2,1H3. The molecule has 0 aliphatic rings. The van der Waals surface area contributed by atoms with Crippen molar-refractivity contribution in [1.29, 1.82) is 5.26 Å². The van der Waals surface area contributed by atoms with Gasteiger partial charge in [-0.25, -0.2) is 0 Å². The van der Waals surface area contributed by atoms with Gasteiger partial charge in [-0.3, -0.25) is 14.2 Å². The van der Waals surface area contributed by atoms with Gasteiger partial charge in [0.2, 0.25) is 11.7 Å². The van der Waals surface area contributed by atoms with E-state index in [0.29, 0.717) is 10.6 Å². The molecule has 0 aliphatic carbocycles. The molecule has 0 radical (unpaired) electrons. The molecular formula is C22H12Cl6N2O4. The Morgan fingerprint density at radius 1 is 1.03 bits per heavy atom. The molecule has 2 aromatic carbocycles. The van der Waals surface area contributed by atoms with Gasteiger partial charge in [0.25, 0.3) is 5.56 Å². The summed E-state index contributed by atoms with van der Waals surface area (Å²) in [6.45, 7) is 0.501. The Hall–Kier alpha value is -2.11. The second-order valence-corrected chi connectivity index (χ2v) is 9.20. The van der Waals surface area contributed by atoms with Crippen LogP contribution >= 0.6 is 69.6 Å². The van der Waals surface area contributed by atoms with Crippen molar-refractivity contribution < 1.29 is 14.6 Å². The van der Waals surface area contributed by atoms with Crippen molar-refractivity contribution >= 4 is 75.4 Å². The summed E-state index contributed by atoms with van der Waals surface area (Å²) in [6, 6.07) is 8.41. The van der Waals surface area contributed by atoms with Crippen molar-refractivity contribution in [2.24, 2.45) is 0 Å². The summed E-state index contributed by atoms with van der Waals surface area (Å²) in [6.07, 6.45) is 0. The summed E-state index contributed by atoms with van der Waals surface area (Å²) < 4.78 is 6.33. The van der Waals surface area contributed by atoms with Gasteiger partial charge in [0.15, 0.2) is 12.4 Å². The van der Waals surface area contributed by atoms with Gasteiger partial charge in [-0.05, 0) is 24.1 Å². The van der Waals surface area contributed by atoms with E-state index in [4.69, 9.17) is 74.3 Å². The summed E-state index contributed by atoms with van der Waals surface area (Å²) in [7, 11) is 0. The number of nitriles is 1. The second-order valence-electron chi connectivity index (χ2n) is 6.90. The molecule has 0 saturated heterocycles. The first-order valence-electron chi connectivity index (χ1n) is 9.28. The van der Waals surface area contributed by atoms with Gasteiger partial charge in [-0.15, -0.1) is 0 Å². The molecular weight excluding hydrogens is 569 g/mol. The van der Waals surface area contributed by atoms with Crippen LogP contribution in [0.3, 0.4) is 0 Å². The molecule has 3 aromatic rings. The molecule has 1 aromatic heterocycles. The van der Waals surface area contributed by atoms with Crippen LogP contribution in [0.4, 0.5) is 0 Å². The van der Waals surface area contributed by atoms with E-state index in [1.54, 1.807) is 30.3 Å². The first-order chi connectivity index (χ1) is 16.0. The highest BCUT2D eigenvalue weighted by Gasteiger charge is 2.26. The number of hydrogen-bond donors (Lipinski definition) is 1. The molecule has 0 aliphatic heterocycles. The average molecular weight is 581 g/mol. The monoisotopic (exact) mass is 578 g/mol. The van der Waals surface area contributed by atoms with Crippen LogP contribution in [0, 0.1) is 18.3 Å². The summed E-state index contributed by atoms with van der Waals surface area (Å²) in [5.41, 5.74) is -0.910. The van der Waals surface area contributed by atoms with E-state index >= 15 is 0 Å². The van der Waals surface area contributed by atoms with E-state index in [1.165, 1.54) is 6.92 Å². The molecule has 3 rings (SSSR count). The Balaban J connectivity index is 2.05. The highest BCUT2D eigenvalue weighted by molar-refractivity contribution is 6.55. The van der Waals surface area contributed by atoms with Gasteiger partial charge in [-0.1, -0.05) is 87.8 Å². The molecule has 1 N–H and O–H groups in total. The lowest BCUT2D eigenvalue weighted by Gasteiger charge is -2.17. The highest BCUT2D eigenvalue weighted by atomic mass is 35.5.